The van der Waals surface area contributed by atoms with Gasteiger partial charge >= 0.3 is 0 Å². The fourth-order valence-electron chi connectivity index (χ4n) is 2.10. The van der Waals surface area contributed by atoms with Crippen LogP contribution in [0.3, 0.4) is 0 Å². The van der Waals surface area contributed by atoms with Crippen molar-refractivity contribution in [1.29, 1.82) is 0 Å². The maximum Gasteiger partial charge on any atom is 0.192 e. The van der Waals surface area contributed by atoms with Crippen molar-refractivity contribution < 1.29 is 19.0 Å². The summed E-state index contributed by atoms with van der Waals surface area (Å²) in [5.74, 6) is 0.859. The van der Waals surface area contributed by atoms with Crippen molar-refractivity contribution in [3.63, 3.8) is 0 Å². The van der Waals surface area contributed by atoms with Gasteiger partial charge in [0.2, 0.25) is 0 Å². The molecular weight excluding hydrogens is 332 g/mol. The van der Waals surface area contributed by atoms with Crippen LogP contribution >= 0.6 is 0 Å². The molecule has 1 unspecified atom stereocenters. The monoisotopic (exact) mass is 368 g/mol. The van der Waals surface area contributed by atoms with Gasteiger partial charge < -0.3 is 19.0 Å². The van der Waals surface area contributed by atoms with Crippen LogP contribution in [0.4, 0.5) is 0 Å². The summed E-state index contributed by atoms with van der Waals surface area (Å²) in [5.41, 5.74) is 1.14. The van der Waals surface area contributed by atoms with Crippen molar-refractivity contribution >= 4 is 8.32 Å². The molecule has 1 atom stereocenters. The number of ether oxygens (including phenoxy) is 2. The summed E-state index contributed by atoms with van der Waals surface area (Å²) in [7, 11) is -0.102. The molecule has 144 valence electrons. The van der Waals surface area contributed by atoms with E-state index >= 15 is 0 Å². The number of aliphatic hydroxyl groups is 1. The summed E-state index contributed by atoms with van der Waals surface area (Å²) in [4.78, 5) is 0. The molecule has 0 bridgehead atoms. The predicted molar refractivity (Wildman–Crippen MR) is 106 cm³/mol. The Morgan fingerprint density at radius 2 is 1.72 bits per heavy atom. The Morgan fingerprint density at radius 3 is 2.28 bits per heavy atom. The molecule has 0 aliphatic heterocycles. The number of hydrogen-bond acceptors (Lipinski definition) is 4. The molecule has 0 saturated carbocycles. The smallest absolute Gasteiger partial charge is 0.192 e. The normalized spacial score (nSPS) is 13.7. The minimum atomic E-state index is -1.77. The van der Waals surface area contributed by atoms with E-state index in [9.17, 15) is 5.11 Å². The molecule has 1 N–H and O–H groups in total. The number of unbranched alkanes of at least 4 members (excludes halogenated alkanes) is 1. The van der Waals surface area contributed by atoms with E-state index in [0.29, 0.717) is 19.8 Å². The van der Waals surface area contributed by atoms with Gasteiger partial charge in [-0.15, -0.1) is 0 Å². The van der Waals surface area contributed by atoms with Gasteiger partial charge in [0.1, 0.15) is 5.75 Å². The fourth-order valence-corrected chi connectivity index (χ4v) is 3.14. The van der Waals surface area contributed by atoms with Gasteiger partial charge in [-0.3, -0.25) is 0 Å². The molecule has 25 heavy (non-hydrogen) atoms. The van der Waals surface area contributed by atoms with Crippen LogP contribution < -0.4 is 4.74 Å². The van der Waals surface area contributed by atoms with E-state index in [0.717, 1.165) is 30.6 Å². The molecule has 5 heteroatoms. The molecule has 1 aromatic rings. The van der Waals surface area contributed by atoms with Crippen LogP contribution in [0.2, 0.25) is 18.1 Å². The number of rotatable bonds is 11. The van der Waals surface area contributed by atoms with Crippen LogP contribution in [0.1, 0.15) is 45.6 Å². The second kappa shape index (κ2) is 10.3. The van der Waals surface area contributed by atoms with E-state index in [2.05, 4.69) is 33.9 Å². The highest BCUT2D eigenvalue weighted by Gasteiger charge is 2.37. The lowest BCUT2D eigenvalue weighted by Gasteiger charge is -2.36. The lowest BCUT2D eigenvalue weighted by atomic mass is 10.2. The Morgan fingerprint density at radius 1 is 1.08 bits per heavy atom. The van der Waals surface area contributed by atoms with Gasteiger partial charge in [-0.1, -0.05) is 32.9 Å². The average molecular weight is 369 g/mol. The Balaban J connectivity index is 2.10. The highest BCUT2D eigenvalue weighted by molar-refractivity contribution is 6.74. The molecule has 4 nitrogen and oxygen atoms in total. The standard InChI is InChI=1S/C20H36O4Si/c1-20(2,3)25(5,6)24-16-18(21)9-7-8-14-23-15-17-10-12-19(22-4)13-11-17/h10-13,18,21H,7-9,14-16H2,1-6H3. The first-order valence-electron chi connectivity index (χ1n) is 9.18. The fraction of sp³-hybridized carbons (Fsp3) is 0.700. The van der Waals surface area contributed by atoms with Crippen LogP contribution in [-0.2, 0) is 15.8 Å². The third-order valence-electron chi connectivity index (χ3n) is 4.95. The van der Waals surface area contributed by atoms with Crippen LogP contribution in [0.25, 0.3) is 0 Å². The van der Waals surface area contributed by atoms with E-state index < -0.39 is 8.32 Å². The van der Waals surface area contributed by atoms with E-state index in [4.69, 9.17) is 13.9 Å². The number of benzene rings is 1. The first-order chi connectivity index (χ1) is 11.7. The molecule has 0 aliphatic carbocycles. The Labute approximate surface area is 154 Å². The molecule has 0 aliphatic rings. The predicted octanol–water partition coefficient (Wildman–Crippen LogP) is 4.76. The number of aliphatic hydroxyl groups excluding tert-OH is 1. The maximum absolute atomic E-state index is 10.1. The number of hydrogen-bond donors (Lipinski definition) is 1. The molecule has 0 radical (unpaired) electrons. The molecule has 1 aromatic carbocycles. The Kier molecular flexibility index (Phi) is 9.14. The van der Waals surface area contributed by atoms with Crippen molar-refractivity contribution in [3.8, 4) is 5.75 Å². The second-order valence-electron chi connectivity index (χ2n) is 8.12. The van der Waals surface area contributed by atoms with Crippen LogP contribution in [0, 0.1) is 0 Å². The third kappa shape index (κ3) is 8.36. The molecule has 0 saturated heterocycles. The first kappa shape index (κ1) is 22.2. The minimum absolute atomic E-state index is 0.183. The van der Waals surface area contributed by atoms with Crippen molar-refractivity contribution in [2.24, 2.45) is 0 Å². The van der Waals surface area contributed by atoms with Gasteiger partial charge in [0.05, 0.1) is 26.4 Å². The van der Waals surface area contributed by atoms with Gasteiger partial charge in [0.25, 0.3) is 0 Å². The van der Waals surface area contributed by atoms with Crippen LogP contribution in [0.15, 0.2) is 24.3 Å². The zero-order valence-electron chi connectivity index (χ0n) is 16.8. The lowest BCUT2D eigenvalue weighted by Crippen LogP contribution is -2.42. The quantitative estimate of drug-likeness (QED) is 0.452. The first-order valence-corrected chi connectivity index (χ1v) is 12.1. The van der Waals surface area contributed by atoms with Gasteiger partial charge in [-0.2, -0.15) is 0 Å². The summed E-state index contributed by atoms with van der Waals surface area (Å²) in [6.07, 6.45) is 2.29. The van der Waals surface area contributed by atoms with Crippen LogP contribution in [-0.4, -0.2) is 39.9 Å². The van der Waals surface area contributed by atoms with Gasteiger partial charge in [-0.05, 0) is 55.1 Å². The van der Waals surface area contributed by atoms with Crippen molar-refractivity contribution in [3.05, 3.63) is 29.8 Å². The van der Waals surface area contributed by atoms with Gasteiger partial charge in [0, 0.05) is 6.61 Å². The molecule has 0 aromatic heterocycles. The number of methoxy groups -OCH3 is 1. The van der Waals surface area contributed by atoms with E-state index in [1.807, 2.05) is 24.3 Å². The van der Waals surface area contributed by atoms with E-state index in [1.165, 1.54) is 0 Å². The van der Waals surface area contributed by atoms with E-state index in [1.54, 1.807) is 7.11 Å². The van der Waals surface area contributed by atoms with Crippen molar-refractivity contribution in [2.75, 3.05) is 20.3 Å². The Hall–Kier alpha value is -0.883. The molecule has 0 spiro atoms. The topological polar surface area (TPSA) is 47.9 Å². The van der Waals surface area contributed by atoms with Gasteiger partial charge in [-0.25, -0.2) is 0 Å². The zero-order chi connectivity index (χ0) is 18.9. The van der Waals surface area contributed by atoms with Crippen LogP contribution in [0.5, 0.6) is 5.75 Å². The molecule has 0 amide bonds. The average Bonchev–Trinajstić information content (AvgIpc) is 2.55. The SMILES string of the molecule is COc1ccc(COCCCCC(O)CO[Si](C)(C)C(C)(C)C)cc1. The summed E-state index contributed by atoms with van der Waals surface area (Å²) in [6.45, 7) is 12.8. The van der Waals surface area contributed by atoms with Crippen molar-refractivity contribution in [2.45, 2.75) is 70.9 Å². The molecular formula is C20H36O4Si. The zero-order valence-corrected chi connectivity index (χ0v) is 17.8. The minimum Gasteiger partial charge on any atom is -0.497 e. The maximum atomic E-state index is 10.1. The summed E-state index contributed by atoms with van der Waals surface area (Å²) < 4.78 is 16.9. The molecule has 0 fully saturated rings. The second-order valence-corrected chi connectivity index (χ2v) is 12.9. The Bertz CT molecular complexity index is 479. The highest BCUT2D eigenvalue weighted by Crippen LogP contribution is 2.36. The summed E-state index contributed by atoms with van der Waals surface area (Å²) in [5, 5.41) is 10.3. The highest BCUT2D eigenvalue weighted by atomic mass is 28.4. The summed E-state index contributed by atoms with van der Waals surface area (Å²) >= 11 is 0. The largest absolute Gasteiger partial charge is 0.497 e. The van der Waals surface area contributed by atoms with Crippen molar-refractivity contribution in [1.82, 2.24) is 0 Å². The van der Waals surface area contributed by atoms with E-state index in [-0.39, 0.29) is 11.1 Å². The molecule has 1 rings (SSSR count). The van der Waals surface area contributed by atoms with Gasteiger partial charge in [0.15, 0.2) is 8.32 Å². The molecule has 0 heterocycles. The lowest BCUT2D eigenvalue weighted by molar-refractivity contribution is 0.0822. The third-order valence-corrected chi connectivity index (χ3v) is 9.45. The summed E-state index contributed by atoms with van der Waals surface area (Å²) in [6, 6.07) is 7.91.